The maximum atomic E-state index is 11.8. The van der Waals surface area contributed by atoms with E-state index in [1.165, 1.54) is 0 Å². The highest BCUT2D eigenvalue weighted by atomic mass is 32.1. The van der Waals surface area contributed by atoms with E-state index in [4.69, 9.17) is 5.73 Å². The number of ketones is 1. The van der Waals surface area contributed by atoms with Gasteiger partial charge in [0.15, 0.2) is 4.96 Å². The molecule has 5 heteroatoms. The molecule has 0 amide bonds. The summed E-state index contributed by atoms with van der Waals surface area (Å²) >= 11 is 1.59. The third-order valence-corrected chi connectivity index (χ3v) is 3.70. The van der Waals surface area contributed by atoms with Gasteiger partial charge in [0.25, 0.3) is 0 Å². The number of Topliss-reactive ketones (excluding diaryl/α,β-unsaturated/α-hetero) is 1. The number of hydrogen-bond acceptors (Lipinski definition) is 4. The second-order valence-corrected chi connectivity index (χ2v) is 5.37. The summed E-state index contributed by atoms with van der Waals surface area (Å²) in [4.78, 5) is 17.1. The summed E-state index contributed by atoms with van der Waals surface area (Å²) < 4.78 is 1.97. The highest BCUT2D eigenvalue weighted by Gasteiger charge is 2.08. The van der Waals surface area contributed by atoms with Crippen LogP contribution in [0.15, 0.2) is 17.8 Å². The molecule has 18 heavy (non-hydrogen) atoms. The van der Waals surface area contributed by atoms with Crippen molar-refractivity contribution in [3.8, 4) is 0 Å². The molecule has 0 unspecified atom stereocenters. The third kappa shape index (κ3) is 3.65. The Balaban J connectivity index is 1.72. The van der Waals surface area contributed by atoms with Crippen LogP contribution in [-0.4, -0.2) is 21.7 Å². The zero-order chi connectivity index (χ0) is 12.8. The number of imidazole rings is 1. The Bertz CT molecular complexity index is 475. The molecule has 2 aromatic heterocycles. The van der Waals surface area contributed by atoms with Gasteiger partial charge in [0.05, 0.1) is 12.1 Å². The first-order valence-electron chi connectivity index (χ1n) is 6.42. The molecule has 0 radical (unpaired) electrons. The number of carbonyl (C=O) groups is 1. The van der Waals surface area contributed by atoms with Crippen molar-refractivity contribution in [1.82, 2.24) is 9.38 Å². The molecule has 0 saturated heterocycles. The molecule has 0 spiro atoms. The normalized spacial score (nSPS) is 11.2. The second-order valence-electron chi connectivity index (χ2n) is 4.49. The van der Waals surface area contributed by atoms with Crippen molar-refractivity contribution < 1.29 is 4.79 Å². The molecule has 2 heterocycles. The summed E-state index contributed by atoms with van der Waals surface area (Å²) in [5, 5.41) is 1.99. The second kappa shape index (κ2) is 6.66. The third-order valence-electron chi connectivity index (χ3n) is 2.93. The van der Waals surface area contributed by atoms with Crippen molar-refractivity contribution in [2.24, 2.45) is 5.73 Å². The van der Waals surface area contributed by atoms with Gasteiger partial charge in [0, 0.05) is 24.2 Å². The number of hydrogen-bond donors (Lipinski definition) is 1. The van der Waals surface area contributed by atoms with E-state index in [2.05, 4.69) is 4.98 Å². The van der Waals surface area contributed by atoms with E-state index in [0.717, 1.165) is 42.9 Å². The lowest BCUT2D eigenvalue weighted by atomic mass is 10.1. The largest absolute Gasteiger partial charge is 0.330 e. The van der Waals surface area contributed by atoms with Crippen LogP contribution in [0.4, 0.5) is 0 Å². The maximum Gasteiger partial charge on any atom is 0.193 e. The zero-order valence-electron chi connectivity index (χ0n) is 10.5. The first-order chi connectivity index (χ1) is 8.79. The molecule has 0 fully saturated rings. The average Bonchev–Trinajstić information content (AvgIpc) is 2.89. The number of unbranched alkanes of at least 4 members (excludes halogenated alkanes) is 3. The van der Waals surface area contributed by atoms with Crippen molar-refractivity contribution >= 4 is 22.1 Å². The molecule has 0 aliphatic carbocycles. The summed E-state index contributed by atoms with van der Waals surface area (Å²) in [5.74, 6) is 0.286. The smallest absolute Gasteiger partial charge is 0.193 e. The minimum atomic E-state index is 0.286. The number of rotatable bonds is 8. The van der Waals surface area contributed by atoms with Crippen molar-refractivity contribution in [1.29, 1.82) is 0 Å². The van der Waals surface area contributed by atoms with Gasteiger partial charge >= 0.3 is 0 Å². The van der Waals surface area contributed by atoms with Gasteiger partial charge in [-0.1, -0.05) is 12.8 Å². The van der Waals surface area contributed by atoms with Gasteiger partial charge in [-0.2, -0.15) is 0 Å². The van der Waals surface area contributed by atoms with Gasteiger partial charge < -0.3 is 5.73 Å². The van der Waals surface area contributed by atoms with Gasteiger partial charge in [0.1, 0.15) is 5.78 Å². The molecule has 2 N–H and O–H groups in total. The minimum Gasteiger partial charge on any atom is -0.330 e. The SMILES string of the molecule is NCCCCCCC(=O)Cc1cn2ccsc2n1. The van der Waals surface area contributed by atoms with Crippen molar-refractivity contribution in [2.75, 3.05) is 6.54 Å². The van der Waals surface area contributed by atoms with Crippen LogP contribution < -0.4 is 5.73 Å². The van der Waals surface area contributed by atoms with Crippen LogP contribution >= 0.6 is 11.3 Å². The van der Waals surface area contributed by atoms with Crippen LogP contribution in [0, 0.1) is 0 Å². The lowest BCUT2D eigenvalue weighted by Crippen LogP contribution is -2.03. The van der Waals surface area contributed by atoms with Crippen molar-refractivity contribution in [3.63, 3.8) is 0 Å². The fourth-order valence-electron chi connectivity index (χ4n) is 1.97. The lowest BCUT2D eigenvalue weighted by molar-refractivity contribution is -0.118. The van der Waals surface area contributed by atoms with Gasteiger partial charge in [-0.3, -0.25) is 9.20 Å². The highest BCUT2D eigenvalue weighted by molar-refractivity contribution is 7.15. The summed E-state index contributed by atoms with van der Waals surface area (Å²) in [6, 6.07) is 0. The fraction of sp³-hybridized carbons (Fsp3) is 0.538. The topological polar surface area (TPSA) is 60.4 Å². The predicted molar refractivity (Wildman–Crippen MR) is 73.9 cm³/mol. The molecule has 0 bridgehead atoms. The summed E-state index contributed by atoms with van der Waals surface area (Å²) in [5.41, 5.74) is 6.31. The van der Waals surface area contributed by atoms with Crippen molar-refractivity contribution in [2.45, 2.75) is 38.5 Å². The standard InChI is InChI=1S/C13H19N3OS/c14-6-4-2-1-3-5-12(17)9-11-10-16-7-8-18-13(16)15-11/h7-8,10H,1-6,9,14H2. The average molecular weight is 265 g/mol. The van der Waals surface area contributed by atoms with E-state index in [9.17, 15) is 4.79 Å². The van der Waals surface area contributed by atoms with Gasteiger partial charge in [-0.05, 0) is 19.4 Å². The van der Waals surface area contributed by atoms with Crippen LogP contribution in [0.5, 0.6) is 0 Å². The predicted octanol–water partition coefficient (Wildman–Crippen LogP) is 2.42. The van der Waals surface area contributed by atoms with E-state index >= 15 is 0 Å². The van der Waals surface area contributed by atoms with Crippen molar-refractivity contribution in [3.05, 3.63) is 23.5 Å². The van der Waals surface area contributed by atoms with Gasteiger partial charge in [-0.25, -0.2) is 4.98 Å². The number of carbonyl (C=O) groups excluding carboxylic acids is 1. The highest BCUT2D eigenvalue weighted by Crippen LogP contribution is 2.13. The minimum absolute atomic E-state index is 0.286. The molecule has 0 aliphatic heterocycles. The number of nitrogens with two attached hydrogens (primary N) is 1. The molecule has 4 nitrogen and oxygen atoms in total. The van der Waals surface area contributed by atoms with Gasteiger partial charge in [-0.15, -0.1) is 11.3 Å². The van der Waals surface area contributed by atoms with E-state index in [1.54, 1.807) is 11.3 Å². The van der Waals surface area contributed by atoms with Gasteiger partial charge in [0.2, 0.25) is 0 Å². The maximum absolute atomic E-state index is 11.8. The van der Waals surface area contributed by atoms with Crippen LogP contribution in [0.25, 0.3) is 4.96 Å². The molecule has 0 aliphatic rings. The first-order valence-corrected chi connectivity index (χ1v) is 7.30. The monoisotopic (exact) mass is 265 g/mol. The van der Waals surface area contributed by atoms with E-state index in [-0.39, 0.29) is 5.78 Å². The molecule has 2 aromatic rings. The van der Waals surface area contributed by atoms with E-state index < -0.39 is 0 Å². The Hall–Kier alpha value is -1.20. The van der Waals surface area contributed by atoms with Crippen LogP contribution in [0.2, 0.25) is 0 Å². The Morgan fingerprint density at radius 3 is 2.94 bits per heavy atom. The molecule has 0 saturated carbocycles. The summed E-state index contributed by atoms with van der Waals surface area (Å²) in [6.45, 7) is 0.749. The summed E-state index contributed by atoms with van der Waals surface area (Å²) in [7, 11) is 0. The Morgan fingerprint density at radius 1 is 1.33 bits per heavy atom. The summed E-state index contributed by atoms with van der Waals surface area (Å²) in [6.07, 6.45) is 9.30. The number of aromatic nitrogens is 2. The fourth-order valence-corrected chi connectivity index (χ4v) is 2.69. The number of nitrogens with zero attached hydrogens (tertiary/aromatic N) is 2. The zero-order valence-corrected chi connectivity index (χ0v) is 11.3. The first kappa shape index (κ1) is 13.2. The Morgan fingerprint density at radius 2 is 2.17 bits per heavy atom. The Kier molecular flexibility index (Phi) is 4.90. The van der Waals surface area contributed by atoms with Crippen LogP contribution in [0.3, 0.4) is 0 Å². The molecular formula is C13H19N3OS. The van der Waals surface area contributed by atoms with Crippen LogP contribution in [0.1, 0.15) is 37.8 Å². The molecule has 2 rings (SSSR count). The van der Waals surface area contributed by atoms with E-state index in [0.29, 0.717) is 12.8 Å². The quantitative estimate of drug-likeness (QED) is 0.746. The van der Waals surface area contributed by atoms with E-state index in [1.807, 2.05) is 22.2 Å². The molecule has 98 valence electrons. The number of fused-ring (bicyclic) bond motifs is 1. The Labute approximate surface area is 111 Å². The lowest BCUT2D eigenvalue weighted by Gasteiger charge is -1.99. The molecule has 0 atom stereocenters. The molecule has 0 aromatic carbocycles. The van der Waals surface area contributed by atoms with Crippen LogP contribution in [-0.2, 0) is 11.2 Å². The molecular weight excluding hydrogens is 246 g/mol. The number of thiazole rings is 1.